The number of nitrogens with zero attached hydrogens (tertiary/aromatic N) is 2. The van der Waals surface area contributed by atoms with Gasteiger partial charge < -0.3 is 14.6 Å². The second-order valence-electron chi connectivity index (χ2n) is 4.28. The van der Waals surface area contributed by atoms with Crippen LogP contribution in [0.3, 0.4) is 0 Å². The van der Waals surface area contributed by atoms with E-state index >= 15 is 0 Å². The number of ether oxygens (including phenoxy) is 2. The van der Waals surface area contributed by atoms with E-state index in [1.165, 1.54) is 0 Å². The maximum absolute atomic E-state index is 9.83. The molecule has 0 aromatic heterocycles. The summed E-state index contributed by atoms with van der Waals surface area (Å²) < 4.78 is 10.4. The largest absolute Gasteiger partial charge is 0.389 e. The van der Waals surface area contributed by atoms with Crippen molar-refractivity contribution in [2.75, 3.05) is 46.6 Å². The lowest BCUT2D eigenvalue weighted by Gasteiger charge is -2.23. The van der Waals surface area contributed by atoms with Crippen molar-refractivity contribution in [3.63, 3.8) is 0 Å². The number of hydrogen-bond acceptors (Lipinski definition) is 5. The van der Waals surface area contributed by atoms with E-state index in [2.05, 4.69) is 13.0 Å². The van der Waals surface area contributed by atoms with E-state index in [9.17, 15) is 5.11 Å². The predicted octanol–water partition coefficient (Wildman–Crippen LogP) is 1.03. The number of methoxy groups -OCH3 is 1. The maximum atomic E-state index is 9.83. The van der Waals surface area contributed by atoms with Gasteiger partial charge in [0.25, 0.3) is 0 Å². The Morgan fingerprint density at radius 2 is 2.11 bits per heavy atom. The van der Waals surface area contributed by atoms with Crippen LogP contribution in [0, 0.1) is 11.3 Å². The number of rotatable bonds is 12. The standard InChI is InChI=1S/C13H26N2O3/c1-3-4-9-18-12-13(16)11-15(7-5-6-14)8-10-17-2/h13,16H,3-5,7-12H2,1-2H3. The van der Waals surface area contributed by atoms with Crippen LogP contribution in [0.1, 0.15) is 26.2 Å². The first-order valence-electron chi connectivity index (χ1n) is 6.58. The average molecular weight is 258 g/mol. The van der Waals surface area contributed by atoms with Crippen LogP contribution in [0.5, 0.6) is 0 Å². The van der Waals surface area contributed by atoms with E-state index in [1.54, 1.807) is 7.11 Å². The lowest BCUT2D eigenvalue weighted by Crippen LogP contribution is -2.37. The zero-order valence-electron chi connectivity index (χ0n) is 11.6. The van der Waals surface area contributed by atoms with Crippen molar-refractivity contribution in [2.24, 2.45) is 0 Å². The minimum absolute atomic E-state index is 0.357. The van der Waals surface area contributed by atoms with E-state index in [0.717, 1.165) is 19.4 Å². The molecule has 0 radical (unpaired) electrons. The van der Waals surface area contributed by atoms with Crippen LogP contribution in [-0.4, -0.2) is 62.7 Å². The molecule has 0 fully saturated rings. The Morgan fingerprint density at radius 3 is 2.72 bits per heavy atom. The summed E-state index contributed by atoms with van der Waals surface area (Å²) in [6.07, 6.45) is 2.08. The molecule has 0 saturated carbocycles. The predicted molar refractivity (Wildman–Crippen MR) is 70.3 cm³/mol. The van der Waals surface area contributed by atoms with Crippen LogP contribution in [0.2, 0.25) is 0 Å². The summed E-state index contributed by atoms with van der Waals surface area (Å²) in [6.45, 7) is 5.68. The normalized spacial score (nSPS) is 12.6. The van der Waals surface area contributed by atoms with Crippen LogP contribution < -0.4 is 0 Å². The van der Waals surface area contributed by atoms with Crippen LogP contribution in [0.4, 0.5) is 0 Å². The summed E-state index contributed by atoms with van der Waals surface area (Å²) in [5, 5.41) is 18.4. The van der Waals surface area contributed by atoms with Crippen LogP contribution in [0.25, 0.3) is 0 Å². The lowest BCUT2D eigenvalue weighted by atomic mass is 10.3. The Hall–Kier alpha value is -0.670. The molecule has 0 aromatic carbocycles. The Kier molecular flexibility index (Phi) is 12.3. The molecule has 0 aliphatic rings. The van der Waals surface area contributed by atoms with Crippen molar-refractivity contribution in [3.8, 4) is 6.07 Å². The first kappa shape index (κ1) is 17.3. The van der Waals surface area contributed by atoms with Gasteiger partial charge in [0.05, 0.1) is 25.4 Å². The summed E-state index contributed by atoms with van der Waals surface area (Å²) in [5.41, 5.74) is 0. The topological polar surface area (TPSA) is 65.7 Å². The Morgan fingerprint density at radius 1 is 1.33 bits per heavy atom. The van der Waals surface area contributed by atoms with E-state index in [-0.39, 0.29) is 0 Å². The average Bonchev–Trinajstić information content (AvgIpc) is 2.38. The molecule has 1 N–H and O–H groups in total. The van der Waals surface area contributed by atoms with Gasteiger partial charge in [0.2, 0.25) is 0 Å². The zero-order chi connectivity index (χ0) is 13.6. The molecule has 106 valence electrons. The first-order valence-corrected chi connectivity index (χ1v) is 6.58. The van der Waals surface area contributed by atoms with Gasteiger partial charge in [-0.2, -0.15) is 5.26 Å². The van der Waals surface area contributed by atoms with Gasteiger partial charge in [0.1, 0.15) is 0 Å². The van der Waals surface area contributed by atoms with E-state index in [4.69, 9.17) is 14.7 Å². The highest BCUT2D eigenvalue weighted by atomic mass is 16.5. The molecule has 1 unspecified atom stereocenters. The first-order chi connectivity index (χ1) is 8.74. The number of aliphatic hydroxyl groups is 1. The van der Waals surface area contributed by atoms with E-state index < -0.39 is 6.10 Å². The number of aliphatic hydroxyl groups excluding tert-OH is 1. The Bertz CT molecular complexity index is 219. The third-order valence-electron chi connectivity index (χ3n) is 2.57. The van der Waals surface area contributed by atoms with Gasteiger partial charge in [0, 0.05) is 39.8 Å². The maximum Gasteiger partial charge on any atom is 0.0900 e. The fraction of sp³-hybridized carbons (Fsp3) is 0.923. The molecular formula is C13H26N2O3. The third-order valence-corrected chi connectivity index (χ3v) is 2.57. The van der Waals surface area contributed by atoms with Gasteiger partial charge in [-0.3, -0.25) is 4.90 Å². The summed E-state index contributed by atoms with van der Waals surface area (Å²) in [7, 11) is 1.65. The van der Waals surface area contributed by atoms with Crippen molar-refractivity contribution in [1.82, 2.24) is 4.90 Å². The number of unbranched alkanes of at least 4 members (excludes halogenated alkanes) is 1. The second kappa shape index (κ2) is 12.8. The van der Waals surface area contributed by atoms with Gasteiger partial charge in [0.15, 0.2) is 0 Å². The molecule has 5 nitrogen and oxygen atoms in total. The molecule has 18 heavy (non-hydrogen) atoms. The minimum atomic E-state index is -0.502. The summed E-state index contributed by atoms with van der Waals surface area (Å²) in [4.78, 5) is 2.03. The fourth-order valence-corrected chi connectivity index (χ4v) is 1.54. The highest BCUT2D eigenvalue weighted by Gasteiger charge is 2.11. The molecule has 0 bridgehead atoms. The monoisotopic (exact) mass is 258 g/mol. The van der Waals surface area contributed by atoms with Crippen LogP contribution in [0.15, 0.2) is 0 Å². The SMILES string of the molecule is CCCCOCC(O)CN(CCC#N)CCOC. The van der Waals surface area contributed by atoms with Gasteiger partial charge in [-0.15, -0.1) is 0 Å². The van der Waals surface area contributed by atoms with E-state index in [0.29, 0.717) is 39.3 Å². The Balaban J connectivity index is 3.78. The van der Waals surface area contributed by atoms with Crippen LogP contribution in [-0.2, 0) is 9.47 Å². The highest BCUT2D eigenvalue weighted by Crippen LogP contribution is 1.97. The van der Waals surface area contributed by atoms with Gasteiger partial charge in [-0.05, 0) is 6.42 Å². The number of hydrogen-bond donors (Lipinski definition) is 1. The van der Waals surface area contributed by atoms with Gasteiger partial charge >= 0.3 is 0 Å². The molecule has 0 amide bonds. The van der Waals surface area contributed by atoms with Gasteiger partial charge in [-0.25, -0.2) is 0 Å². The number of nitriles is 1. The molecule has 5 heteroatoms. The Labute approximate surface area is 110 Å². The molecule has 0 aromatic rings. The molecule has 0 saturated heterocycles. The third kappa shape index (κ3) is 10.5. The quantitative estimate of drug-likeness (QED) is 0.530. The lowest BCUT2D eigenvalue weighted by molar-refractivity contribution is 0.0122. The second-order valence-corrected chi connectivity index (χ2v) is 4.28. The molecule has 0 rings (SSSR count). The molecule has 0 spiro atoms. The minimum Gasteiger partial charge on any atom is -0.389 e. The highest BCUT2D eigenvalue weighted by molar-refractivity contribution is 4.74. The molecule has 0 aliphatic heterocycles. The van der Waals surface area contributed by atoms with Crippen LogP contribution >= 0.6 is 0 Å². The molecule has 0 aliphatic carbocycles. The summed E-state index contributed by atoms with van der Waals surface area (Å²) in [5.74, 6) is 0. The van der Waals surface area contributed by atoms with E-state index in [1.807, 2.05) is 4.90 Å². The van der Waals surface area contributed by atoms with Crippen molar-refractivity contribution < 1.29 is 14.6 Å². The van der Waals surface area contributed by atoms with Crippen molar-refractivity contribution in [2.45, 2.75) is 32.3 Å². The van der Waals surface area contributed by atoms with Crippen molar-refractivity contribution in [3.05, 3.63) is 0 Å². The summed E-state index contributed by atoms with van der Waals surface area (Å²) in [6, 6.07) is 2.11. The molecule has 1 atom stereocenters. The smallest absolute Gasteiger partial charge is 0.0900 e. The molecular weight excluding hydrogens is 232 g/mol. The van der Waals surface area contributed by atoms with Crippen molar-refractivity contribution >= 4 is 0 Å². The van der Waals surface area contributed by atoms with Crippen molar-refractivity contribution in [1.29, 1.82) is 5.26 Å². The zero-order valence-corrected chi connectivity index (χ0v) is 11.6. The fourth-order valence-electron chi connectivity index (χ4n) is 1.54. The molecule has 0 heterocycles. The summed E-state index contributed by atoms with van der Waals surface area (Å²) >= 11 is 0. The van der Waals surface area contributed by atoms with Gasteiger partial charge in [-0.1, -0.05) is 13.3 Å².